The van der Waals surface area contributed by atoms with E-state index in [1.807, 2.05) is 5.94 Å². The van der Waals surface area contributed by atoms with Gasteiger partial charge in [-0.1, -0.05) is 54.9 Å². The van der Waals surface area contributed by atoms with Crippen LogP contribution in [0.15, 0.2) is 0 Å². The van der Waals surface area contributed by atoms with Crippen LogP contribution in [-0.4, -0.2) is 27.9 Å². The van der Waals surface area contributed by atoms with Crippen molar-refractivity contribution in [2.24, 2.45) is 0 Å². The van der Waals surface area contributed by atoms with Gasteiger partial charge < -0.3 is 0 Å². The largest absolute Gasteiger partial charge is 0.224 e. The van der Waals surface area contributed by atoms with Crippen LogP contribution in [0.1, 0.15) is 61.3 Å². The number of hydrogen-bond donors (Lipinski definition) is 0. The van der Waals surface area contributed by atoms with Crippen molar-refractivity contribution in [3.63, 3.8) is 0 Å². The summed E-state index contributed by atoms with van der Waals surface area (Å²) in [5.74, 6) is 1.98. The number of rotatable bonds is 3. The van der Waals surface area contributed by atoms with Gasteiger partial charge >= 0.3 is 0 Å². The highest BCUT2D eigenvalue weighted by Crippen LogP contribution is 2.67. The van der Waals surface area contributed by atoms with Crippen molar-refractivity contribution in [3.05, 3.63) is 0 Å². The second kappa shape index (κ2) is 5.42. The lowest BCUT2D eigenvalue weighted by Crippen LogP contribution is -2.31. The second-order valence-electron chi connectivity index (χ2n) is 6.44. The molecule has 0 saturated carbocycles. The lowest BCUT2D eigenvalue weighted by molar-refractivity contribution is 0.571. The van der Waals surface area contributed by atoms with E-state index < -0.39 is 6.89 Å². The molecule has 0 rings (SSSR count). The fourth-order valence-corrected chi connectivity index (χ4v) is 7.62. The first-order valence-corrected chi connectivity index (χ1v) is 8.12. The summed E-state index contributed by atoms with van der Waals surface area (Å²) >= 11 is 0. The Labute approximate surface area is 101 Å². The summed E-state index contributed by atoms with van der Waals surface area (Å²) < 4.78 is 0. The van der Waals surface area contributed by atoms with Crippen molar-refractivity contribution in [1.29, 1.82) is 0 Å². The van der Waals surface area contributed by atoms with Crippen LogP contribution in [0.25, 0.3) is 0 Å². The van der Waals surface area contributed by atoms with Gasteiger partial charge in [0.2, 0.25) is 0 Å². The van der Waals surface area contributed by atoms with Gasteiger partial charge in [-0.3, -0.25) is 0 Å². The molecule has 0 spiro atoms. The standard InChI is InChI=1S/C14H27OP/c1-8-9-11-16(12-10-15,13(2,3)4)14(5,6)7/h8-9,11H2,1-7H3. The van der Waals surface area contributed by atoms with Crippen LogP contribution in [0, 0.1) is 0 Å². The summed E-state index contributed by atoms with van der Waals surface area (Å²) in [4.78, 5) is 10.9. The van der Waals surface area contributed by atoms with E-state index in [9.17, 15) is 4.79 Å². The normalized spacial score (nSPS) is 13.2. The molecule has 0 saturated heterocycles. The molecule has 0 aliphatic heterocycles. The Morgan fingerprint density at radius 3 is 1.69 bits per heavy atom. The summed E-state index contributed by atoms with van der Waals surface area (Å²) in [6.45, 7) is 14.1. The van der Waals surface area contributed by atoms with Gasteiger partial charge in [0, 0.05) is 0 Å². The lowest BCUT2D eigenvalue weighted by atomic mass is 10.2. The van der Waals surface area contributed by atoms with Crippen LogP contribution in [0.3, 0.4) is 0 Å². The Hall–Kier alpha value is -0.210. The smallest absolute Gasteiger partial charge is 0.176 e. The molecule has 0 heterocycles. The summed E-state index contributed by atoms with van der Waals surface area (Å²) in [5, 5.41) is 0.273. The highest BCUT2D eigenvalue weighted by molar-refractivity contribution is 7.77. The quantitative estimate of drug-likeness (QED) is 0.535. The fraction of sp³-hybridized carbons (Fsp3) is 0.857. The Morgan fingerprint density at radius 1 is 1.00 bits per heavy atom. The minimum absolute atomic E-state index is 0.137. The predicted molar refractivity (Wildman–Crippen MR) is 76.9 cm³/mol. The first-order chi connectivity index (χ1) is 7.12. The summed E-state index contributed by atoms with van der Waals surface area (Å²) in [6.07, 6.45) is 3.47. The molecule has 0 aromatic carbocycles. The topological polar surface area (TPSA) is 17.1 Å². The van der Waals surface area contributed by atoms with Gasteiger partial charge in [-0.25, -0.2) is 4.79 Å². The van der Waals surface area contributed by atoms with Crippen LogP contribution in [0.2, 0.25) is 0 Å². The molecule has 0 radical (unpaired) electrons. The zero-order valence-corrected chi connectivity index (χ0v) is 12.9. The summed E-state index contributed by atoms with van der Waals surface area (Å²) in [5.41, 5.74) is 3.12. The molecule has 0 aliphatic carbocycles. The van der Waals surface area contributed by atoms with Crippen molar-refractivity contribution < 1.29 is 4.79 Å². The molecule has 0 fully saturated rings. The first-order valence-electron chi connectivity index (χ1n) is 6.15. The molecule has 0 atom stereocenters. The van der Waals surface area contributed by atoms with Crippen LogP contribution >= 0.6 is 6.89 Å². The van der Waals surface area contributed by atoms with Crippen LogP contribution in [-0.2, 0) is 4.79 Å². The maximum atomic E-state index is 10.9. The zero-order valence-electron chi connectivity index (χ0n) is 12.0. The average molecular weight is 242 g/mol. The number of unbranched alkanes of at least 4 members (excludes halogenated alkanes) is 1. The molecule has 16 heavy (non-hydrogen) atoms. The number of carbonyl (C=O) groups excluding carboxylic acids is 1. The second-order valence-corrected chi connectivity index (χ2v) is 11.4. The van der Waals surface area contributed by atoms with E-state index in [-0.39, 0.29) is 10.3 Å². The SMILES string of the molecule is CCCCP(=C=C=O)(C(C)(C)C)C(C)(C)C. The van der Waals surface area contributed by atoms with E-state index in [2.05, 4.69) is 53.9 Å². The van der Waals surface area contributed by atoms with Crippen molar-refractivity contribution in [2.75, 3.05) is 6.16 Å². The Bertz CT molecular complexity index is 311. The van der Waals surface area contributed by atoms with Gasteiger partial charge in [-0.15, -0.1) is 0 Å². The summed E-state index contributed by atoms with van der Waals surface area (Å²) in [6, 6.07) is 0. The molecule has 0 amide bonds. The van der Waals surface area contributed by atoms with E-state index in [0.717, 1.165) is 6.16 Å². The molecule has 0 aliphatic rings. The molecule has 0 aromatic rings. The fourth-order valence-electron chi connectivity index (χ4n) is 2.54. The Morgan fingerprint density at radius 2 is 1.44 bits per heavy atom. The minimum atomic E-state index is -1.55. The molecular weight excluding hydrogens is 215 g/mol. The molecule has 0 bridgehead atoms. The maximum Gasteiger partial charge on any atom is 0.176 e. The monoisotopic (exact) mass is 242 g/mol. The van der Waals surface area contributed by atoms with Crippen molar-refractivity contribution in [3.8, 4) is 0 Å². The van der Waals surface area contributed by atoms with Gasteiger partial charge in [-0.2, -0.15) is 0 Å². The minimum Gasteiger partial charge on any atom is -0.224 e. The molecule has 94 valence electrons. The van der Waals surface area contributed by atoms with Crippen LogP contribution in [0.5, 0.6) is 0 Å². The summed E-state index contributed by atoms with van der Waals surface area (Å²) in [7, 11) is 0. The first kappa shape index (κ1) is 15.8. The number of hydrogen-bond acceptors (Lipinski definition) is 1. The molecular formula is C14H27OP. The maximum absolute atomic E-state index is 10.9. The van der Waals surface area contributed by atoms with Gasteiger partial charge in [0.05, 0.1) is 0 Å². The van der Waals surface area contributed by atoms with Crippen LogP contribution in [0.4, 0.5) is 0 Å². The molecule has 0 aromatic heterocycles. The third-order valence-corrected chi connectivity index (χ3v) is 9.41. The van der Waals surface area contributed by atoms with Gasteiger partial charge in [0.15, 0.2) is 5.94 Å². The Balaban J connectivity index is 5.85. The van der Waals surface area contributed by atoms with Gasteiger partial charge in [0.25, 0.3) is 0 Å². The van der Waals surface area contributed by atoms with E-state index in [0.29, 0.717) is 0 Å². The molecule has 0 unspecified atom stereocenters. The third kappa shape index (κ3) is 3.14. The van der Waals surface area contributed by atoms with Crippen LogP contribution < -0.4 is 0 Å². The molecule has 1 nitrogen and oxygen atoms in total. The van der Waals surface area contributed by atoms with Crippen molar-refractivity contribution in [1.82, 2.24) is 0 Å². The zero-order chi connectivity index (χ0) is 13.0. The van der Waals surface area contributed by atoms with E-state index in [1.165, 1.54) is 12.8 Å². The average Bonchev–Trinajstić information content (AvgIpc) is 2.08. The van der Waals surface area contributed by atoms with Crippen molar-refractivity contribution in [2.45, 2.75) is 71.6 Å². The van der Waals surface area contributed by atoms with Crippen molar-refractivity contribution >= 4 is 18.3 Å². The van der Waals surface area contributed by atoms with Gasteiger partial charge in [0.1, 0.15) is 0 Å². The van der Waals surface area contributed by atoms with E-state index >= 15 is 0 Å². The van der Waals surface area contributed by atoms with E-state index in [4.69, 9.17) is 0 Å². The predicted octanol–water partition coefficient (Wildman–Crippen LogP) is 4.19. The molecule has 2 heteroatoms. The van der Waals surface area contributed by atoms with E-state index in [1.54, 1.807) is 0 Å². The highest BCUT2D eigenvalue weighted by atomic mass is 31.2. The van der Waals surface area contributed by atoms with Gasteiger partial charge in [-0.05, 0) is 35.2 Å². The highest BCUT2D eigenvalue weighted by Gasteiger charge is 2.40. The lowest BCUT2D eigenvalue weighted by Gasteiger charge is -2.46. The molecule has 0 N–H and O–H groups in total. The third-order valence-electron chi connectivity index (χ3n) is 3.37. The Kier molecular flexibility index (Phi) is 5.34.